The molecule has 0 fully saturated rings. The van der Waals surface area contributed by atoms with Crippen LogP contribution in [-0.4, -0.2) is 24.8 Å². The minimum Gasteiger partial charge on any atom is -0.495 e. The smallest absolute Gasteiger partial charge is 0.143 e. The summed E-state index contributed by atoms with van der Waals surface area (Å²) in [6.07, 6.45) is 3.30. The number of methoxy groups -OCH3 is 1. The van der Waals surface area contributed by atoms with Crippen LogP contribution in [0.1, 0.15) is 32.4 Å². The van der Waals surface area contributed by atoms with Gasteiger partial charge in [-0.15, -0.1) is 0 Å². The van der Waals surface area contributed by atoms with E-state index < -0.39 is 0 Å². The zero-order valence-electron chi connectivity index (χ0n) is 12.5. The standard InChI is InChI=1S/C16H24N2O/c1-11(2)18-10-13(9-12(3)17-4)14-7-6-8-15(19-5)16(14)18/h6-8,10-12,17H,9H2,1-5H3. The summed E-state index contributed by atoms with van der Waals surface area (Å²) in [4.78, 5) is 0. The number of hydrogen-bond donors (Lipinski definition) is 1. The molecule has 0 spiro atoms. The van der Waals surface area contributed by atoms with E-state index in [0.29, 0.717) is 12.1 Å². The third kappa shape index (κ3) is 2.61. The van der Waals surface area contributed by atoms with Gasteiger partial charge in [0.2, 0.25) is 0 Å². The molecule has 0 bridgehead atoms. The van der Waals surface area contributed by atoms with Gasteiger partial charge in [-0.1, -0.05) is 12.1 Å². The highest BCUT2D eigenvalue weighted by Crippen LogP contribution is 2.32. The van der Waals surface area contributed by atoms with Crippen LogP contribution in [0.4, 0.5) is 0 Å². The van der Waals surface area contributed by atoms with Gasteiger partial charge in [0, 0.05) is 23.7 Å². The van der Waals surface area contributed by atoms with Gasteiger partial charge in [-0.25, -0.2) is 0 Å². The van der Waals surface area contributed by atoms with Crippen molar-refractivity contribution >= 4 is 10.9 Å². The Kier molecular flexibility index (Phi) is 4.15. The minimum atomic E-state index is 0.428. The molecule has 19 heavy (non-hydrogen) atoms. The Morgan fingerprint density at radius 3 is 2.58 bits per heavy atom. The van der Waals surface area contributed by atoms with Gasteiger partial charge < -0.3 is 14.6 Å². The highest BCUT2D eigenvalue weighted by Gasteiger charge is 2.15. The first-order valence-corrected chi connectivity index (χ1v) is 6.92. The molecule has 0 aliphatic rings. The summed E-state index contributed by atoms with van der Waals surface area (Å²) < 4.78 is 7.84. The number of hydrogen-bond acceptors (Lipinski definition) is 2. The van der Waals surface area contributed by atoms with Gasteiger partial charge in [-0.05, 0) is 45.9 Å². The first kappa shape index (κ1) is 13.9. The molecule has 0 saturated carbocycles. The van der Waals surface area contributed by atoms with Gasteiger partial charge in [0.25, 0.3) is 0 Å². The molecule has 1 aromatic heterocycles. The Balaban J connectivity index is 2.60. The van der Waals surface area contributed by atoms with E-state index in [1.165, 1.54) is 16.5 Å². The van der Waals surface area contributed by atoms with Crippen LogP contribution in [-0.2, 0) is 6.42 Å². The van der Waals surface area contributed by atoms with E-state index in [2.05, 4.69) is 49.0 Å². The van der Waals surface area contributed by atoms with Crippen molar-refractivity contribution in [3.05, 3.63) is 30.0 Å². The van der Waals surface area contributed by atoms with Crippen molar-refractivity contribution in [2.75, 3.05) is 14.2 Å². The van der Waals surface area contributed by atoms with Crippen LogP contribution in [0.2, 0.25) is 0 Å². The lowest BCUT2D eigenvalue weighted by Gasteiger charge is -2.11. The zero-order chi connectivity index (χ0) is 14.0. The molecule has 0 aliphatic carbocycles. The molecular weight excluding hydrogens is 236 g/mol. The number of ether oxygens (including phenoxy) is 1. The van der Waals surface area contributed by atoms with Crippen molar-refractivity contribution in [1.29, 1.82) is 0 Å². The molecule has 0 radical (unpaired) electrons. The normalized spacial score (nSPS) is 13.2. The van der Waals surface area contributed by atoms with Crippen LogP contribution in [0.25, 0.3) is 10.9 Å². The van der Waals surface area contributed by atoms with Crippen molar-refractivity contribution in [3.8, 4) is 5.75 Å². The summed E-state index contributed by atoms with van der Waals surface area (Å²) in [7, 11) is 3.75. The maximum absolute atomic E-state index is 5.53. The van der Waals surface area contributed by atoms with Gasteiger partial charge in [-0.3, -0.25) is 0 Å². The van der Waals surface area contributed by atoms with Crippen LogP contribution in [0, 0.1) is 0 Å². The first-order chi connectivity index (χ1) is 9.08. The van der Waals surface area contributed by atoms with Crippen molar-refractivity contribution in [2.45, 2.75) is 39.3 Å². The Bertz CT molecular complexity index is 557. The van der Waals surface area contributed by atoms with E-state index in [1.807, 2.05) is 13.1 Å². The molecule has 1 N–H and O–H groups in total. The van der Waals surface area contributed by atoms with E-state index in [9.17, 15) is 0 Å². The molecule has 2 rings (SSSR count). The highest BCUT2D eigenvalue weighted by atomic mass is 16.5. The van der Waals surface area contributed by atoms with Crippen LogP contribution in [0.5, 0.6) is 5.75 Å². The van der Waals surface area contributed by atoms with Crippen molar-refractivity contribution in [2.24, 2.45) is 0 Å². The van der Waals surface area contributed by atoms with Gasteiger partial charge in [0.15, 0.2) is 0 Å². The Labute approximate surface area is 115 Å². The van der Waals surface area contributed by atoms with Gasteiger partial charge in [0.05, 0.1) is 12.6 Å². The predicted molar refractivity (Wildman–Crippen MR) is 81.1 cm³/mol. The SMILES string of the molecule is CNC(C)Cc1cn(C(C)C)c2c(OC)cccc12. The van der Waals surface area contributed by atoms with E-state index in [4.69, 9.17) is 4.74 Å². The van der Waals surface area contributed by atoms with Gasteiger partial charge in [-0.2, -0.15) is 0 Å². The molecule has 1 unspecified atom stereocenters. The fraction of sp³-hybridized carbons (Fsp3) is 0.500. The second kappa shape index (κ2) is 5.66. The molecule has 1 atom stereocenters. The summed E-state index contributed by atoms with van der Waals surface area (Å²) in [6, 6.07) is 7.19. The number of likely N-dealkylation sites (N-methyl/N-ethyl adjacent to an activating group) is 1. The summed E-state index contributed by atoms with van der Waals surface area (Å²) in [6.45, 7) is 6.62. The summed E-state index contributed by atoms with van der Waals surface area (Å²) in [5.41, 5.74) is 2.59. The maximum Gasteiger partial charge on any atom is 0.143 e. The summed E-state index contributed by atoms with van der Waals surface area (Å²) >= 11 is 0. The third-order valence-corrected chi connectivity index (χ3v) is 3.69. The number of aromatic nitrogens is 1. The van der Waals surface area contributed by atoms with Crippen molar-refractivity contribution < 1.29 is 4.74 Å². The zero-order valence-corrected chi connectivity index (χ0v) is 12.5. The Morgan fingerprint density at radius 1 is 1.26 bits per heavy atom. The average molecular weight is 260 g/mol. The van der Waals surface area contributed by atoms with E-state index in [0.717, 1.165) is 12.2 Å². The van der Waals surface area contributed by atoms with Crippen LogP contribution in [0.3, 0.4) is 0 Å². The number of nitrogens with one attached hydrogen (secondary N) is 1. The molecule has 0 amide bonds. The van der Waals surface area contributed by atoms with Crippen LogP contribution < -0.4 is 10.1 Å². The average Bonchev–Trinajstić information content (AvgIpc) is 2.77. The second-order valence-electron chi connectivity index (χ2n) is 5.41. The quantitative estimate of drug-likeness (QED) is 0.892. The summed E-state index contributed by atoms with van der Waals surface area (Å²) in [5.74, 6) is 0.953. The molecule has 3 heteroatoms. The van der Waals surface area contributed by atoms with E-state index in [1.54, 1.807) is 7.11 Å². The second-order valence-corrected chi connectivity index (χ2v) is 5.41. The molecule has 1 aromatic carbocycles. The van der Waals surface area contributed by atoms with Crippen LogP contribution in [0.15, 0.2) is 24.4 Å². The van der Waals surface area contributed by atoms with E-state index in [-0.39, 0.29) is 0 Å². The molecule has 0 saturated heterocycles. The van der Waals surface area contributed by atoms with Crippen molar-refractivity contribution in [3.63, 3.8) is 0 Å². The molecular formula is C16H24N2O. The fourth-order valence-corrected chi connectivity index (χ4v) is 2.52. The first-order valence-electron chi connectivity index (χ1n) is 6.92. The summed E-state index contributed by atoms with van der Waals surface area (Å²) in [5, 5.41) is 4.61. The molecule has 0 aliphatic heterocycles. The lowest BCUT2D eigenvalue weighted by Crippen LogP contribution is -2.23. The van der Waals surface area contributed by atoms with Gasteiger partial charge >= 0.3 is 0 Å². The topological polar surface area (TPSA) is 26.2 Å². The monoisotopic (exact) mass is 260 g/mol. The Hall–Kier alpha value is -1.48. The number of fused-ring (bicyclic) bond motifs is 1. The Morgan fingerprint density at radius 2 is 2.00 bits per heavy atom. The molecule has 3 nitrogen and oxygen atoms in total. The lowest BCUT2D eigenvalue weighted by atomic mass is 10.1. The molecule has 2 aromatic rings. The predicted octanol–water partition coefficient (Wildman–Crippen LogP) is 3.38. The fourth-order valence-electron chi connectivity index (χ4n) is 2.52. The number of nitrogens with zero attached hydrogens (tertiary/aromatic N) is 1. The minimum absolute atomic E-state index is 0.428. The number of para-hydroxylation sites is 1. The maximum atomic E-state index is 5.53. The van der Waals surface area contributed by atoms with Crippen LogP contribution >= 0.6 is 0 Å². The number of benzene rings is 1. The lowest BCUT2D eigenvalue weighted by molar-refractivity contribution is 0.416. The molecule has 1 heterocycles. The highest BCUT2D eigenvalue weighted by molar-refractivity contribution is 5.89. The number of rotatable bonds is 5. The molecule has 104 valence electrons. The van der Waals surface area contributed by atoms with Crippen molar-refractivity contribution in [1.82, 2.24) is 9.88 Å². The third-order valence-electron chi connectivity index (χ3n) is 3.69. The largest absolute Gasteiger partial charge is 0.495 e. The van der Waals surface area contributed by atoms with Gasteiger partial charge in [0.1, 0.15) is 5.75 Å². The van der Waals surface area contributed by atoms with E-state index >= 15 is 0 Å².